The van der Waals surface area contributed by atoms with Gasteiger partial charge in [0.05, 0.1) is 17.6 Å². The molecule has 1 aromatic heterocycles. The first-order chi connectivity index (χ1) is 17.4. The molecule has 0 unspecified atom stereocenters. The summed E-state index contributed by atoms with van der Waals surface area (Å²) in [4.78, 5) is 8.40. The molecule has 1 saturated heterocycles. The summed E-state index contributed by atoms with van der Waals surface area (Å²) in [6.45, 7) is 8.51. The van der Waals surface area contributed by atoms with Gasteiger partial charge in [0.15, 0.2) is 11.6 Å². The molecule has 1 aliphatic heterocycles. The summed E-state index contributed by atoms with van der Waals surface area (Å²) in [7, 11) is 0. The number of piperidine rings is 1. The monoisotopic (exact) mass is 513 g/mol. The molecular formula is C26H37F2N9. The number of rotatable bonds is 7. The van der Waals surface area contributed by atoms with E-state index in [9.17, 15) is 4.39 Å². The Morgan fingerprint density at radius 3 is 2.35 bits per heavy atom. The Hall–Kier alpha value is -3.05. The van der Waals surface area contributed by atoms with Gasteiger partial charge in [0.1, 0.15) is 11.7 Å². The van der Waals surface area contributed by atoms with Crippen molar-refractivity contribution >= 4 is 29.0 Å². The number of nitrogens with one attached hydrogen (secondary N) is 3. The molecule has 37 heavy (non-hydrogen) atoms. The molecule has 0 spiro atoms. The average molecular weight is 514 g/mol. The third-order valence-corrected chi connectivity index (χ3v) is 7.24. The lowest BCUT2D eigenvalue weighted by atomic mass is 9.79. The molecule has 3 aliphatic rings. The minimum absolute atomic E-state index is 0.00635. The number of hydrogen-bond donors (Lipinski definition) is 5. The molecule has 1 aromatic carbocycles. The Kier molecular flexibility index (Phi) is 6.47. The smallest absolute Gasteiger partial charge is 0.229 e. The van der Waals surface area contributed by atoms with Crippen molar-refractivity contribution in [2.45, 2.75) is 89.3 Å². The molecule has 0 amide bonds. The van der Waals surface area contributed by atoms with Crippen molar-refractivity contribution in [1.29, 1.82) is 0 Å². The molecule has 0 atom stereocenters. The number of nitrogens with zero attached hydrogens (tertiary/aromatic N) is 4. The number of amidine groups is 1. The van der Waals surface area contributed by atoms with Gasteiger partial charge >= 0.3 is 0 Å². The van der Waals surface area contributed by atoms with E-state index in [0.717, 1.165) is 50.3 Å². The first-order valence-electron chi connectivity index (χ1n) is 13.0. The molecule has 3 fully saturated rings. The van der Waals surface area contributed by atoms with E-state index in [1.54, 1.807) is 6.07 Å². The first kappa shape index (κ1) is 25.6. The molecule has 7 N–H and O–H groups in total. The number of nitrogens with two attached hydrogens (primary N) is 2. The van der Waals surface area contributed by atoms with E-state index in [-0.39, 0.29) is 46.4 Å². The van der Waals surface area contributed by atoms with E-state index < -0.39 is 11.6 Å². The van der Waals surface area contributed by atoms with Gasteiger partial charge in [-0.15, -0.1) is 0 Å². The van der Waals surface area contributed by atoms with Crippen molar-refractivity contribution in [1.82, 2.24) is 15.3 Å². The second-order valence-electron chi connectivity index (χ2n) is 12.0. The van der Waals surface area contributed by atoms with Gasteiger partial charge in [-0.2, -0.15) is 10.1 Å². The highest BCUT2D eigenvalue weighted by molar-refractivity contribution is 6.00. The molecule has 200 valence electrons. The molecule has 9 nitrogen and oxygen atoms in total. The van der Waals surface area contributed by atoms with Gasteiger partial charge in [0.25, 0.3) is 0 Å². The van der Waals surface area contributed by atoms with Crippen LogP contribution in [0.1, 0.15) is 77.7 Å². The Labute approximate surface area is 216 Å². The maximum Gasteiger partial charge on any atom is 0.229 e. The zero-order valence-corrected chi connectivity index (χ0v) is 21.9. The molecule has 0 bridgehead atoms. The van der Waals surface area contributed by atoms with Gasteiger partial charge in [-0.25, -0.2) is 19.6 Å². The molecule has 2 heterocycles. The molecule has 5 rings (SSSR count). The summed E-state index contributed by atoms with van der Waals surface area (Å²) in [6, 6.07) is 3.14. The minimum Gasteiger partial charge on any atom is -0.365 e. The standard InChI is InChI=1S/C26H37F2N9/c1-25(2)11-16(12-26(3,4)36-25)32-22-19(28)13-31-24(34-22)33-20-10-21(17(9-18(20)27)14-5-6-14)37(30)23(35-29)15-7-8-15/h9-10,13-16,36H,5-8,11-12,29-30H2,1-4H3,(H2,31,32,33,34)/b35-23-. The van der Waals surface area contributed by atoms with Crippen LogP contribution in [0, 0.1) is 17.6 Å². The number of hydrogen-bond acceptors (Lipinski definition) is 8. The van der Waals surface area contributed by atoms with Crippen LogP contribution in [-0.4, -0.2) is 32.9 Å². The lowest BCUT2D eigenvalue weighted by molar-refractivity contribution is 0.170. The van der Waals surface area contributed by atoms with Crippen LogP contribution in [-0.2, 0) is 0 Å². The third-order valence-electron chi connectivity index (χ3n) is 7.24. The number of anilines is 4. The Morgan fingerprint density at radius 2 is 1.76 bits per heavy atom. The van der Waals surface area contributed by atoms with Crippen molar-refractivity contribution < 1.29 is 8.78 Å². The fourth-order valence-electron chi connectivity index (χ4n) is 5.70. The van der Waals surface area contributed by atoms with Crippen LogP contribution in [0.25, 0.3) is 0 Å². The highest BCUT2D eigenvalue weighted by atomic mass is 19.1. The molecule has 0 radical (unpaired) electrons. The van der Waals surface area contributed by atoms with E-state index in [0.29, 0.717) is 11.5 Å². The van der Waals surface area contributed by atoms with Gasteiger partial charge in [0, 0.05) is 23.0 Å². The number of halogens is 2. The predicted molar refractivity (Wildman–Crippen MR) is 143 cm³/mol. The van der Waals surface area contributed by atoms with Crippen molar-refractivity contribution in [3.05, 3.63) is 35.5 Å². The Balaban J connectivity index is 1.40. The Bertz CT molecular complexity index is 1190. The number of aromatic nitrogens is 2. The second-order valence-corrected chi connectivity index (χ2v) is 12.0. The maximum atomic E-state index is 15.2. The van der Waals surface area contributed by atoms with Crippen LogP contribution >= 0.6 is 0 Å². The van der Waals surface area contributed by atoms with Crippen LogP contribution in [0.15, 0.2) is 23.4 Å². The van der Waals surface area contributed by atoms with Crippen LogP contribution in [0.2, 0.25) is 0 Å². The van der Waals surface area contributed by atoms with E-state index >= 15 is 4.39 Å². The quantitative estimate of drug-likeness (QED) is 0.159. The third kappa shape index (κ3) is 5.77. The number of hydrazone groups is 1. The summed E-state index contributed by atoms with van der Waals surface area (Å²) in [6.07, 6.45) is 6.58. The van der Waals surface area contributed by atoms with Gasteiger partial charge < -0.3 is 21.8 Å². The van der Waals surface area contributed by atoms with Crippen LogP contribution < -0.4 is 32.6 Å². The summed E-state index contributed by atoms with van der Waals surface area (Å²) < 4.78 is 29.9. The SMILES string of the molecule is CC1(C)CC(Nc2nc(Nc3cc(N(N)/C(=N\N)C4CC4)c(C4CC4)cc3F)ncc2F)CC(C)(C)N1. The first-order valence-corrected chi connectivity index (χ1v) is 13.0. The van der Waals surface area contributed by atoms with Crippen LogP contribution in [0.5, 0.6) is 0 Å². The largest absolute Gasteiger partial charge is 0.365 e. The van der Waals surface area contributed by atoms with E-state index in [2.05, 4.69) is 58.7 Å². The Morgan fingerprint density at radius 1 is 1.08 bits per heavy atom. The van der Waals surface area contributed by atoms with E-state index in [1.165, 1.54) is 11.1 Å². The summed E-state index contributed by atoms with van der Waals surface area (Å²) in [5.41, 5.74) is 1.37. The average Bonchev–Trinajstić information content (AvgIpc) is 3.69. The fraction of sp³-hybridized carbons (Fsp3) is 0.577. The molecular weight excluding hydrogens is 476 g/mol. The van der Waals surface area contributed by atoms with E-state index in [4.69, 9.17) is 11.7 Å². The highest BCUT2D eigenvalue weighted by Crippen LogP contribution is 2.46. The second kappa shape index (κ2) is 9.36. The molecule has 2 aromatic rings. The van der Waals surface area contributed by atoms with Crippen LogP contribution in [0.3, 0.4) is 0 Å². The zero-order chi connectivity index (χ0) is 26.5. The van der Waals surface area contributed by atoms with Crippen molar-refractivity contribution in [2.75, 3.05) is 15.6 Å². The summed E-state index contributed by atoms with van der Waals surface area (Å²) in [5, 5.41) is 15.2. The highest BCUT2D eigenvalue weighted by Gasteiger charge is 2.38. The normalized spacial score (nSPS) is 21.5. The van der Waals surface area contributed by atoms with E-state index in [1.807, 2.05) is 0 Å². The summed E-state index contributed by atoms with van der Waals surface area (Å²) >= 11 is 0. The van der Waals surface area contributed by atoms with Gasteiger partial charge in [-0.3, -0.25) is 5.01 Å². The predicted octanol–water partition coefficient (Wildman–Crippen LogP) is 4.46. The molecule has 2 aliphatic carbocycles. The minimum atomic E-state index is -0.564. The maximum absolute atomic E-state index is 15.2. The van der Waals surface area contributed by atoms with Crippen molar-refractivity contribution in [3.63, 3.8) is 0 Å². The van der Waals surface area contributed by atoms with Crippen molar-refractivity contribution in [3.8, 4) is 0 Å². The topological polar surface area (TPSA) is 130 Å². The van der Waals surface area contributed by atoms with Gasteiger partial charge in [-0.1, -0.05) is 0 Å². The number of hydrazine groups is 1. The molecule has 11 heteroatoms. The van der Waals surface area contributed by atoms with Crippen LogP contribution in [0.4, 0.5) is 31.9 Å². The molecule has 2 saturated carbocycles. The fourth-order valence-corrected chi connectivity index (χ4v) is 5.70. The summed E-state index contributed by atoms with van der Waals surface area (Å²) in [5.74, 6) is 12.3. The van der Waals surface area contributed by atoms with Gasteiger partial charge in [0.2, 0.25) is 5.95 Å². The lowest BCUT2D eigenvalue weighted by Gasteiger charge is -2.46. The van der Waals surface area contributed by atoms with Gasteiger partial charge in [-0.05, 0) is 89.8 Å². The van der Waals surface area contributed by atoms with Crippen molar-refractivity contribution in [2.24, 2.45) is 22.7 Å². The number of benzene rings is 1. The zero-order valence-electron chi connectivity index (χ0n) is 21.9. The lowest BCUT2D eigenvalue weighted by Crippen LogP contribution is -2.60.